The van der Waals surface area contributed by atoms with Crippen LogP contribution in [0.15, 0.2) is 22.2 Å². The number of rotatable bonds is 5. The lowest BCUT2D eigenvalue weighted by Gasteiger charge is -2.11. The molecule has 0 aliphatic rings. The minimum atomic E-state index is -1.13. The van der Waals surface area contributed by atoms with Gasteiger partial charge in [0.2, 0.25) is 5.91 Å². The van der Waals surface area contributed by atoms with E-state index in [2.05, 4.69) is 15.3 Å². The van der Waals surface area contributed by atoms with E-state index in [1.165, 1.54) is 19.3 Å². The van der Waals surface area contributed by atoms with Crippen molar-refractivity contribution in [1.29, 1.82) is 0 Å². The van der Waals surface area contributed by atoms with Crippen LogP contribution in [0.4, 0.5) is 0 Å². The second-order valence-corrected chi connectivity index (χ2v) is 4.19. The van der Waals surface area contributed by atoms with Crippen molar-refractivity contribution in [2.75, 3.05) is 5.75 Å². The van der Waals surface area contributed by atoms with Gasteiger partial charge in [-0.15, -0.1) is 11.8 Å². The molecule has 92 valence electrons. The van der Waals surface area contributed by atoms with Crippen LogP contribution in [0.5, 0.6) is 0 Å². The Hall–Kier alpha value is -1.83. The highest BCUT2D eigenvalue weighted by atomic mass is 32.2. The molecule has 0 saturated heterocycles. The number of nitrogens with zero attached hydrogens (tertiary/aromatic N) is 1. The quantitative estimate of drug-likeness (QED) is 0.482. The van der Waals surface area contributed by atoms with Gasteiger partial charge in [-0.05, 0) is 0 Å². The zero-order valence-electron chi connectivity index (χ0n) is 8.97. The molecule has 8 heteroatoms. The number of amides is 1. The maximum absolute atomic E-state index is 11.0. The van der Waals surface area contributed by atoms with Gasteiger partial charge in [-0.25, -0.2) is 9.78 Å². The van der Waals surface area contributed by atoms with Crippen molar-refractivity contribution in [3.63, 3.8) is 0 Å². The highest BCUT2D eigenvalue weighted by Gasteiger charge is 2.18. The fourth-order valence-corrected chi connectivity index (χ4v) is 1.90. The van der Waals surface area contributed by atoms with Crippen molar-refractivity contribution in [2.45, 2.75) is 18.0 Å². The van der Waals surface area contributed by atoms with Gasteiger partial charge in [-0.2, -0.15) is 0 Å². The SMILES string of the molecule is CC(=O)NC(CSc1cc(=O)[nH]cn1)C(=O)O. The van der Waals surface area contributed by atoms with Crippen LogP contribution in [0, 0.1) is 0 Å². The molecule has 1 rings (SSSR count). The average Bonchev–Trinajstić information content (AvgIpc) is 2.23. The standard InChI is InChI=1S/C9H11N3O4S/c1-5(13)12-6(9(15)16)3-17-8-2-7(14)10-4-11-8/h2,4,6H,3H2,1H3,(H,12,13)(H,15,16)(H,10,11,14). The van der Waals surface area contributed by atoms with Crippen LogP contribution in [0.1, 0.15) is 6.92 Å². The first-order chi connectivity index (χ1) is 7.99. The number of H-pyrrole nitrogens is 1. The number of aromatic nitrogens is 2. The van der Waals surface area contributed by atoms with Crippen molar-refractivity contribution >= 4 is 23.6 Å². The first-order valence-electron chi connectivity index (χ1n) is 4.66. The summed E-state index contributed by atoms with van der Waals surface area (Å²) in [5, 5.41) is 11.5. The first kappa shape index (κ1) is 13.2. The molecule has 1 heterocycles. The lowest BCUT2D eigenvalue weighted by Crippen LogP contribution is -2.41. The molecular formula is C9H11N3O4S. The summed E-state index contributed by atoms with van der Waals surface area (Å²) in [5.74, 6) is -1.44. The Morgan fingerprint density at radius 1 is 1.65 bits per heavy atom. The smallest absolute Gasteiger partial charge is 0.327 e. The number of carbonyl (C=O) groups is 2. The minimum absolute atomic E-state index is 0.103. The summed E-state index contributed by atoms with van der Waals surface area (Å²) < 4.78 is 0. The van der Waals surface area contributed by atoms with Gasteiger partial charge in [-0.1, -0.05) is 0 Å². The number of carboxylic acid groups (broad SMARTS) is 1. The van der Waals surface area contributed by atoms with Crippen molar-refractivity contribution < 1.29 is 14.7 Å². The third-order valence-corrected chi connectivity index (χ3v) is 2.75. The third kappa shape index (κ3) is 4.68. The molecule has 0 saturated carbocycles. The van der Waals surface area contributed by atoms with Gasteiger partial charge in [-0.3, -0.25) is 9.59 Å². The van der Waals surface area contributed by atoms with Gasteiger partial charge in [0, 0.05) is 18.7 Å². The Morgan fingerprint density at radius 2 is 2.35 bits per heavy atom. The third-order valence-electron chi connectivity index (χ3n) is 1.73. The largest absolute Gasteiger partial charge is 0.480 e. The number of carboxylic acids is 1. The number of thioether (sulfide) groups is 1. The van der Waals surface area contributed by atoms with Crippen LogP contribution in [0.25, 0.3) is 0 Å². The van der Waals surface area contributed by atoms with E-state index in [1.807, 2.05) is 0 Å². The molecule has 0 bridgehead atoms. The van der Waals surface area contributed by atoms with Crippen molar-refractivity contribution in [1.82, 2.24) is 15.3 Å². The molecular weight excluding hydrogens is 246 g/mol. The molecule has 0 aliphatic carbocycles. The molecule has 0 aliphatic heterocycles. The molecule has 1 aromatic rings. The second kappa shape index (κ2) is 6.04. The average molecular weight is 257 g/mol. The highest BCUT2D eigenvalue weighted by molar-refractivity contribution is 7.99. The summed E-state index contributed by atoms with van der Waals surface area (Å²) in [5.41, 5.74) is -0.311. The molecule has 1 atom stereocenters. The fraction of sp³-hybridized carbons (Fsp3) is 0.333. The molecule has 3 N–H and O–H groups in total. The number of aromatic amines is 1. The van der Waals surface area contributed by atoms with Gasteiger partial charge in [0.1, 0.15) is 11.1 Å². The maximum atomic E-state index is 11.0. The van der Waals surface area contributed by atoms with Crippen LogP contribution >= 0.6 is 11.8 Å². The predicted molar refractivity (Wildman–Crippen MR) is 60.8 cm³/mol. The number of hydrogen-bond donors (Lipinski definition) is 3. The molecule has 1 amide bonds. The lowest BCUT2D eigenvalue weighted by molar-refractivity contribution is -0.140. The van der Waals surface area contributed by atoms with Crippen molar-refractivity contribution in [3.05, 3.63) is 22.7 Å². The predicted octanol–water partition coefficient (Wildman–Crippen LogP) is -0.549. The molecule has 0 radical (unpaired) electrons. The normalized spacial score (nSPS) is 11.8. The maximum Gasteiger partial charge on any atom is 0.327 e. The Kier molecular flexibility index (Phi) is 4.70. The summed E-state index contributed by atoms with van der Waals surface area (Å²) in [4.78, 5) is 38.7. The van der Waals surface area contributed by atoms with Crippen LogP contribution in [0.2, 0.25) is 0 Å². The van der Waals surface area contributed by atoms with E-state index >= 15 is 0 Å². The molecule has 7 nitrogen and oxygen atoms in total. The summed E-state index contributed by atoms with van der Waals surface area (Å²) in [6.45, 7) is 1.24. The molecule has 0 fully saturated rings. The van der Waals surface area contributed by atoms with Gasteiger partial charge in [0.25, 0.3) is 5.56 Å². The number of aliphatic carboxylic acids is 1. The van der Waals surface area contributed by atoms with Gasteiger partial charge < -0.3 is 15.4 Å². The topological polar surface area (TPSA) is 112 Å². The van der Waals surface area contributed by atoms with E-state index in [-0.39, 0.29) is 11.3 Å². The van der Waals surface area contributed by atoms with Crippen molar-refractivity contribution in [3.8, 4) is 0 Å². The molecule has 1 aromatic heterocycles. The lowest BCUT2D eigenvalue weighted by atomic mass is 10.3. The second-order valence-electron chi connectivity index (χ2n) is 3.15. The Balaban J connectivity index is 2.60. The van der Waals surface area contributed by atoms with Crippen LogP contribution in [-0.4, -0.2) is 38.7 Å². The van der Waals surface area contributed by atoms with E-state index in [1.54, 1.807) is 0 Å². The summed E-state index contributed by atoms with van der Waals surface area (Å²) in [6, 6.07) is 0.260. The van der Waals surface area contributed by atoms with Gasteiger partial charge >= 0.3 is 5.97 Å². The monoisotopic (exact) mass is 257 g/mol. The Labute approximate surface area is 101 Å². The van der Waals surface area contributed by atoms with E-state index in [0.717, 1.165) is 11.8 Å². The van der Waals surface area contributed by atoms with Crippen molar-refractivity contribution in [2.24, 2.45) is 0 Å². The molecule has 1 unspecified atom stereocenters. The zero-order chi connectivity index (χ0) is 12.8. The molecule has 17 heavy (non-hydrogen) atoms. The summed E-state index contributed by atoms with van der Waals surface area (Å²) >= 11 is 1.09. The number of carbonyl (C=O) groups excluding carboxylic acids is 1. The number of nitrogens with one attached hydrogen (secondary N) is 2. The summed E-state index contributed by atoms with van der Waals surface area (Å²) in [7, 11) is 0. The van der Waals surface area contributed by atoms with E-state index < -0.39 is 17.9 Å². The molecule has 0 aromatic carbocycles. The van der Waals surface area contributed by atoms with Crippen LogP contribution < -0.4 is 10.9 Å². The number of hydrogen-bond acceptors (Lipinski definition) is 5. The zero-order valence-corrected chi connectivity index (χ0v) is 9.78. The van der Waals surface area contributed by atoms with Crippen LogP contribution in [-0.2, 0) is 9.59 Å². The van der Waals surface area contributed by atoms with Gasteiger partial charge in [0.05, 0.1) is 6.33 Å². The van der Waals surface area contributed by atoms with E-state index in [0.29, 0.717) is 5.03 Å². The van der Waals surface area contributed by atoms with Gasteiger partial charge in [0.15, 0.2) is 0 Å². The summed E-state index contributed by atoms with van der Waals surface area (Å²) in [6.07, 6.45) is 1.23. The highest BCUT2D eigenvalue weighted by Crippen LogP contribution is 2.13. The van der Waals surface area contributed by atoms with E-state index in [9.17, 15) is 14.4 Å². The Morgan fingerprint density at radius 3 is 2.88 bits per heavy atom. The minimum Gasteiger partial charge on any atom is -0.480 e. The van der Waals surface area contributed by atoms with E-state index in [4.69, 9.17) is 5.11 Å². The first-order valence-corrected chi connectivity index (χ1v) is 5.65. The fourth-order valence-electron chi connectivity index (χ4n) is 1.02. The Bertz CT molecular complexity index is 473. The molecule has 0 spiro atoms. The van der Waals surface area contributed by atoms with Crippen LogP contribution in [0.3, 0.4) is 0 Å².